The van der Waals surface area contributed by atoms with Gasteiger partial charge in [0, 0.05) is 16.8 Å². The molecule has 3 nitrogen and oxygen atoms in total. The van der Waals surface area contributed by atoms with Crippen LogP contribution >= 0.6 is 11.8 Å². The van der Waals surface area contributed by atoms with E-state index >= 15 is 0 Å². The van der Waals surface area contributed by atoms with E-state index in [9.17, 15) is 0 Å². The van der Waals surface area contributed by atoms with E-state index in [0.717, 1.165) is 17.9 Å². The zero-order chi connectivity index (χ0) is 13.8. The van der Waals surface area contributed by atoms with Gasteiger partial charge in [-0.3, -0.25) is 4.68 Å². The first-order valence-corrected chi connectivity index (χ1v) is 8.49. The molecular formula is C16H21N3S. The highest BCUT2D eigenvalue weighted by Crippen LogP contribution is 2.28. The second-order valence-corrected chi connectivity index (χ2v) is 6.19. The molecule has 3 rings (SSSR count). The molecule has 0 amide bonds. The minimum Gasteiger partial charge on any atom is -0.379 e. The summed E-state index contributed by atoms with van der Waals surface area (Å²) in [5, 5.41) is 8.15. The predicted octanol–water partition coefficient (Wildman–Crippen LogP) is 4.33. The lowest BCUT2D eigenvalue weighted by Crippen LogP contribution is -2.07. The van der Waals surface area contributed by atoms with Gasteiger partial charge >= 0.3 is 0 Å². The highest BCUT2D eigenvalue weighted by atomic mass is 32.2. The minimum absolute atomic E-state index is 0.628. The Balaban J connectivity index is 1.60. The molecule has 1 aromatic carbocycles. The van der Waals surface area contributed by atoms with Gasteiger partial charge in [-0.05, 0) is 43.4 Å². The number of rotatable bonds is 5. The second-order valence-electron chi connectivity index (χ2n) is 5.31. The standard InChI is InChI=1S/C16H21N3S/c1-20-16-8-4-5-13(11-16)17-12-14-9-10-19(18-14)15-6-2-3-7-15/h4-5,8-11,15,17H,2-3,6-7,12H2,1H3. The molecule has 1 heterocycles. The second kappa shape index (κ2) is 6.35. The maximum Gasteiger partial charge on any atom is 0.0815 e. The Hall–Kier alpha value is -1.42. The van der Waals surface area contributed by atoms with E-state index in [0.29, 0.717) is 6.04 Å². The zero-order valence-corrected chi connectivity index (χ0v) is 12.7. The lowest BCUT2D eigenvalue weighted by Gasteiger charge is -2.09. The lowest BCUT2D eigenvalue weighted by molar-refractivity contribution is 0.463. The molecule has 0 radical (unpaired) electrons. The van der Waals surface area contributed by atoms with Crippen LogP contribution < -0.4 is 5.32 Å². The van der Waals surface area contributed by atoms with E-state index in [-0.39, 0.29) is 0 Å². The van der Waals surface area contributed by atoms with E-state index in [1.54, 1.807) is 11.8 Å². The first-order chi connectivity index (χ1) is 9.85. The molecular weight excluding hydrogens is 266 g/mol. The van der Waals surface area contributed by atoms with Crippen LogP contribution in [0.15, 0.2) is 41.4 Å². The Bertz CT molecular complexity index is 558. The average Bonchev–Trinajstić information content (AvgIpc) is 3.16. The van der Waals surface area contributed by atoms with Crippen LogP contribution in [0.25, 0.3) is 0 Å². The largest absolute Gasteiger partial charge is 0.379 e. The van der Waals surface area contributed by atoms with Gasteiger partial charge in [-0.2, -0.15) is 5.10 Å². The maximum absolute atomic E-state index is 4.70. The summed E-state index contributed by atoms with van der Waals surface area (Å²) in [6, 6.07) is 11.3. The third kappa shape index (κ3) is 3.18. The molecule has 0 saturated heterocycles. The van der Waals surface area contributed by atoms with Crippen molar-refractivity contribution in [2.45, 2.75) is 43.2 Å². The molecule has 0 unspecified atom stereocenters. The van der Waals surface area contributed by atoms with Crippen molar-refractivity contribution in [3.8, 4) is 0 Å². The summed E-state index contributed by atoms with van der Waals surface area (Å²) in [5.74, 6) is 0. The van der Waals surface area contributed by atoms with Crippen LogP contribution in [0.5, 0.6) is 0 Å². The summed E-state index contributed by atoms with van der Waals surface area (Å²) < 4.78 is 2.16. The highest BCUT2D eigenvalue weighted by Gasteiger charge is 2.17. The smallest absolute Gasteiger partial charge is 0.0815 e. The molecule has 1 N–H and O–H groups in total. The van der Waals surface area contributed by atoms with Crippen LogP contribution in [-0.2, 0) is 6.54 Å². The Kier molecular flexibility index (Phi) is 4.31. The lowest BCUT2D eigenvalue weighted by atomic mass is 10.3. The maximum atomic E-state index is 4.70. The van der Waals surface area contributed by atoms with E-state index in [2.05, 4.69) is 52.8 Å². The average molecular weight is 287 g/mol. The summed E-state index contributed by atoms with van der Waals surface area (Å²) in [6.07, 6.45) is 9.49. The van der Waals surface area contributed by atoms with Crippen molar-refractivity contribution in [3.63, 3.8) is 0 Å². The van der Waals surface area contributed by atoms with Crippen molar-refractivity contribution in [3.05, 3.63) is 42.2 Å². The summed E-state index contributed by atoms with van der Waals surface area (Å²) in [6.45, 7) is 0.789. The molecule has 1 fully saturated rings. The fourth-order valence-electron chi connectivity index (χ4n) is 2.77. The molecule has 0 atom stereocenters. The van der Waals surface area contributed by atoms with Crippen LogP contribution in [-0.4, -0.2) is 16.0 Å². The first kappa shape index (κ1) is 13.6. The third-order valence-electron chi connectivity index (χ3n) is 3.91. The monoisotopic (exact) mass is 287 g/mol. The SMILES string of the molecule is CSc1cccc(NCc2ccn(C3CCCC3)n2)c1. The predicted molar refractivity (Wildman–Crippen MR) is 85.3 cm³/mol. The Labute approximate surface area is 124 Å². The number of hydrogen-bond donors (Lipinski definition) is 1. The van der Waals surface area contributed by atoms with Crippen LogP contribution in [0.1, 0.15) is 37.4 Å². The summed E-state index contributed by atoms with van der Waals surface area (Å²) in [4.78, 5) is 1.28. The van der Waals surface area contributed by atoms with E-state index in [1.165, 1.54) is 30.6 Å². The molecule has 20 heavy (non-hydrogen) atoms. The van der Waals surface area contributed by atoms with E-state index < -0.39 is 0 Å². The number of nitrogens with zero attached hydrogens (tertiary/aromatic N) is 2. The number of anilines is 1. The zero-order valence-electron chi connectivity index (χ0n) is 11.9. The van der Waals surface area contributed by atoms with Crippen molar-refractivity contribution >= 4 is 17.4 Å². The van der Waals surface area contributed by atoms with Crippen LogP contribution in [0.4, 0.5) is 5.69 Å². The summed E-state index contributed by atoms with van der Waals surface area (Å²) in [5.41, 5.74) is 2.28. The fraction of sp³-hybridized carbons (Fsp3) is 0.438. The molecule has 1 aromatic heterocycles. The van der Waals surface area contributed by atoms with Crippen molar-refractivity contribution in [2.75, 3.05) is 11.6 Å². The van der Waals surface area contributed by atoms with Gasteiger partial charge in [0.25, 0.3) is 0 Å². The van der Waals surface area contributed by atoms with Crippen molar-refractivity contribution in [1.82, 2.24) is 9.78 Å². The molecule has 0 bridgehead atoms. The molecule has 2 aromatic rings. The number of aromatic nitrogens is 2. The molecule has 4 heteroatoms. The molecule has 0 spiro atoms. The van der Waals surface area contributed by atoms with Gasteiger partial charge in [-0.25, -0.2) is 0 Å². The molecule has 106 valence electrons. The van der Waals surface area contributed by atoms with Crippen molar-refractivity contribution in [2.24, 2.45) is 0 Å². The van der Waals surface area contributed by atoms with Gasteiger partial charge in [0.2, 0.25) is 0 Å². The number of benzene rings is 1. The Morgan fingerprint density at radius 2 is 2.15 bits per heavy atom. The van der Waals surface area contributed by atoms with Gasteiger partial charge < -0.3 is 5.32 Å². The van der Waals surface area contributed by atoms with E-state index in [4.69, 9.17) is 5.10 Å². The first-order valence-electron chi connectivity index (χ1n) is 7.27. The summed E-state index contributed by atoms with van der Waals surface area (Å²) >= 11 is 1.77. The normalized spacial score (nSPS) is 15.7. The molecule has 1 aliphatic rings. The third-order valence-corrected chi connectivity index (χ3v) is 4.63. The van der Waals surface area contributed by atoms with Gasteiger partial charge in [-0.15, -0.1) is 11.8 Å². The topological polar surface area (TPSA) is 29.9 Å². The molecule has 0 aliphatic heterocycles. The Morgan fingerprint density at radius 1 is 1.30 bits per heavy atom. The number of nitrogens with one attached hydrogen (secondary N) is 1. The van der Waals surface area contributed by atoms with Crippen LogP contribution in [0.3, 0.4) is 0 Å². The van der Waals surface area contributed by atoms with Crippen molar-refractivity contribution < 1.29 is 0 Å². The van der Waals surface area contributed by atoms with Gasteiger partial charge in [-0.1, -0.05) is 18.9 Å². The van der Waals surface area contributed by atoms with Gasteiger partial charge in [0.1, 0.15) is 0 Å². The highest BCUT2D eigenvalue weighted by molar-refractivity contribution is 7.98. The fourth-order valence-corrected chi connectivity index (χ4v) is 3.23. The molecule has 1 aliphatic carbocycles. The quantitative estimate of drug-likeness (QED) is 0.830. The Morgan fingerprint density at radius 3 is 2.95 bits per heavy atom. The van der Waals surface area contributed by atoms with E-state index in [1.807, 2.05) is 0 Å². The van der Waals surface area contributed by atoms with Crippen molar-refractivity contribution in [1.29, 1.82) is 0 Å². The van der Waals surface area contributed by atoms with Crippen LogP contribution in [0, 0.1) is 0 Å². The molecule has 1 saturated carbocycles. The number of thioether (sulfide) groups is 1. The van der Waals surface area contributed by atoms with Gasteiger partial charge in [0.15, 0.2) is 0 Å². The summed E-state index contributed by atoms with van der Waals surface area (Å²) in [7, 11) is 0. The van der Waals surface area contributed by atoms with Crippen LogP contribution in [0.2, 0.25) is 0 Å². The minimum atomic E-state index is 0.628. The van der Waals surface area contributed by atoms with Gasteiger partial charge in [0.05, 0.1) is 18.3 Å². The number of hydrogen-bond acceptors (Lipinski definition) is 3.